The Hall–Kier alpha value is -3.47. The van der Waals surface area contributed by atoms with Crippen molar-refractivity contribution in [2.45, 2.75) is 52.3 Å². The van der Waals surface area contributed by atoms with Gasteiger partial charge in [0.25, 0.3) is 0 Å². The number of hydrogen-bond donors (Lipinski definition) is 1. The molecule has 0 aliphatic carbocycles. The predicted octanol–water partition coefficient (Wildman–Crippen LogP) is 1.57. The Morgan fingerprint density at radius 3 is 2.44 bits per heavy atom. The normalized spacial score (nSPS) is 17.5. The number of aryl methyl sites for hydroxylation is 1. The summed E-state index contributed by atoms with van der Waals surface area (Å²) < 4.78 is 7.00. The Balaban J connectivity index is 1.40. The van der Waals surface area contributed by atoms with Crippen LogP contribution in [0.15, 0.2) is 30.7 Å². The third kappa shape index (κ3) is 5.19. The van der Waals surface area contributed by atoms with Crippen molar-refractivity contribution in [3.63, 3.8) is 0 Å². The molecule has 1 atom stereocenters. The molecule has 4 heterocycles. The number of carbonyl (C=O) groups is 3. The molecule has 0 radical (unpaired) electrons. The molecule has 1 saturated heterocycles. The molecule has 2 aliphatic rings. The van der Waals surface area contributed by atoms with E-state index in [9.17, 15) is 14.4 Å². The molecule has 11 nitrogen and oxygen atoms in total. The molecule has 1 fully saturated rings. The monoisotopic (exact) mass is 469 g/mol. The summed E-state index contributed by atoms with van der Waals surface area (Å²) in [6.07, 6.45) is 4.73. The zero-order chi connectivity index (χ0) is 24.5. The number of amides is 3. The number of fused-ring (bicyclic) bond motifs is 1. The maximum atomic E-state index is 13.4. The zero-order valence-electron chi connectivity index (χ0n) is 20.0. The molecule has 0 spiro atoms. The summed E-state index contributed by atoms with van der Waals surface area (Å²) >= 11 is 0. The lowest BCUT2D eigenvalue weighted by Gasteiger charge is -2.40. The highest BCUT2D eigenvalue weighted by Crippen LogP contribution is 2.21. The summed E-state index contributed by atoms with van der Waals surface area (Å²) in [4.78, 5) is 48.6. The van der Waals surface area contributed by atoms with Gasteiger partial charge in [0.15, 0.2) is 0 Å². The molecule has 2 aliphatic heterocycles. The fourth-order valence-corrected chi connectivity index (χ4v) is 4.20. The summed E-state index contributed by atoms with van der Waals surface area (Å²) in [6.45, 7) is 9.53. The topological polar surface area (TPSA) is 113 Å². The summed E-state index contributed by atoms with van der Waals surface area (Å²) in [5.74, 6) is 0.491. The first-order chi connectivity index (χ1) is 16.1. The fraction of sp³-hybridized carbons (Fsp3) is 0.522. The van der Waals surface area contributed by atoms with Gasteiger partial charge in [-0.2, -0.15) is 0 Å². The maximum Gasteiger partial charge on any atom is 0.408 e. The standard InChI is InChI=1S/C23H31N7O4/c1-16-25-14-18-15-29(22(33)30(16)18)28-11-9-27(10-12-28)20(31)19(13-17-5-7-24-8-6-17)26-21(32)34-23(2,3)4/h5-8,14,19H,9-13,15H2,1-4H3,(H,26,32)/t19-/m1/s1. The number of hydrazine groups is 1. The number of aromatic nitrogens is 3. The van der Waals surface area contributed by atoms with Gasteiger partial charge in [-0.1, -0.05) is 0 Å². The third-order valence-electron chi connectivity index (χ3n) is 5.82. The minimum Gasteiger partial charge on any atom is -0.444 e. The quantitative estimate of drug-likeness (QED) is 0.707. The second kappa shape index (κ2) is 9.41. The minimum atomic E-state index is -0.772. The second-order valence-corrected chi connectivity index (χ2v) is 9.51. The van der Waals surface area contributed by atoms with Crippen molar-refractivity contribution in [3.8, 4) is 0 Å². The lowest BCUT2D eigenvalue weighted by Crippen LogP contribution is -2.59. The van der Waals surface area contributed by atoms with Crippen molar-refractivity contribution < 1.29 is 19.1 Å². The molecule has 2 aromatic rings. The Morgan fingerprint density at radius 1 is 1.15 bits per heavy atom. The van der Waals surface area contributed by atoms with Gasteiger partial charge in [0, 0.05) is 45.0 Å². The molecule has 0 unspecified atom stereocenters. The molecular weight excluding hydrogens is 438 g/mol. The number of piperazine rings is 1. The molecule has 11 heteroatoms. The van der Waals surface area contributed by atoms with E-state index in [-0.39, 0.29) is 11.9 Å². The van der Waals surface area contributed by atoms with E-state index in [1.165, 1.54) is 0 Å². The van der Waals surface area contributed by atoms with Crippen molar-refractivity contribution in [2.75, 3.05) is 26.2 Å². The van der Waals surface area contributed by atoms with Gasteiger partial charge >= 0.3 is 12.1 Å². The van der Waals surface area contributed by atoms with Gasteiger partial charge in [0.1, 0.15) is 17.5 Å². The van der Waals surface area contributed by atoms with Crippen LogP contribution < -0.4 is 5.32 Å². The smallest absolute Gasteiger partial charge is 0.408 e. The Labute approximate surface area is 198 Å². The van der Waals surface area contributed by atoms with Crippen LogP contribution in [0, 0.1) is 6.92 Å². The van der Waals surface area contributed by atoms with Crippen molar-refractivity contribution >= 4 is 18.0 Å². The molecule has 0 bridgehead atoms. The van der Waals surface area contributed by atoms with Gasteiger partial charge in [0.05, 0.1) is 18.4 Å². The van der Waals surface area contributed by atoms with Crippen LogP contribution in [0.3, 0.4) is 0 Å². The van der Waals surface area contributed by atoms with Gasteiger partial charge < -0.3 is 15.0 Å². The summed E-state index contributed by atoms with van der Waals surface area (Å²) in [7, 11) is 0. The Morgan fingerprint density at radius 2 is 1.82 bits per heavy atom. The largest absolute Gasteiger partial charge is 0.444 e. The van der Waals surface area contributed by atoms with E-state index in [2.05, 4.69) is 15.3 Å². The van der Waals surface area contributed by atoms with Crippen molar-refractivity contribution in [3.05, 3.63) is 47.8 Å². The van der Waals surface area contributed by atoms with E-state index in [0.717, 1.165) is 11.3 Å². The van der Waals surface area contributed by atoms with Crippen LogP contribution in [0.2, 0.25) is 0 Å². The van der Waals surface area contributed by atoms with Crippen LogP contribution in [-0.2, 0) is 22.5 Å². The van der Waals surface area contributed by atoms with Gasteiger partial charge in [-0.05, 0) is 45.4 Å². The van der Waals surface area contributed by atoms with Crippen LogP contribution in [0.5, 0.6) is 0 Å². The van der Waals surface area contributed by atoms with Crippen LogP contribution >= 0.6 is 0 Å². The maximum absolute atomic E-state index is 13.4. The lowest BCUT2D eigenvalue weighted by molar-refractivity contribution is -0.137. The predicted molar refractivity (Wildman–Crippen MR) is 123 cm³/mol. The zero-order valence-corrected chi connectivity index (χ0v) is 20.0. The van der Waals surface area contributed by atoms with Crippen molar-refractivity contribution in [2.24, 2.45) is 0 Å². The highest BCUT2D eigenvalue weighted by Gasteiger charge is 2.36. The number of nitrogens with zero attached hydrogens (tertiary/aromatic N) is 6. The van der Waals surface area contributed by atoms with Gasteiger partial charge in [-0.3, -0.25) is 14.8 Å². The Kier molecular flexibility index (Phi) is 6.56. The molecular formula is C23H31N7O4. The third-order valence-corrected chi connectivity index (χ3v) is 5.82. The summed E-state index contributed by atoms with van der Waals surface area (Å²) in [5, 5.41) is 6.42. The number of alkyl carbamates (subject to hydrolysis) is 1. The summed E-state index contributed by atoms with van der Waals surface area (Å²) in [5.41, 5.74) is 1.08. The van der Waals surface area contributed by atoms with E-state index in [0.29, 0.717) is 45.0 Å². The van der Waals surface area contributed by atoms with E-state index in [4.69, 9.17) is 4.74 Å². The number of nitrogens with one attached hydrogen (secondary N) is 1. The molecule has 0 aromatic carbocycles. The lowest BCUT2D eigenvalue weighted by atomic mass is 10.1. The molecule has 34 heavy (non-hydrogen) atoms. The fourth-order valence-electron chi connectivity index (χ4n) is 4.20. The van der Waals surface area contributed by atoms with E-state index in [1.54, 1.807) is 53.8 Å². The minimum absolute atomic E-state index is 0.119. The molecule has 3 amide bonds. The molecule has 1 N–H and O–H groups in total. The van der Waals surface area contributed by atoms with Gasteiger partial charge in [0.2, 0.25) is 5.91 Å². The Bertz CT molecular complexity index is 1060. The van der Waals surface area contributed by atoms with Gasteiger partial charge in [-0.15, -0.1) is 0 Å². The highest BCUT2D eigenvalue weighted by molar-refractivity contribution is 5.86. The van der Waals surface area contributed by atoms with E-state index < -0.39 is 17.7 Å². The van der Waals surface area contributed by atoms with E-state index in [1.807, 2.05) is 24.1 Å². The first-order valence-corrected chi connectivity index (χ1v) is 11.4. The van der Waals surface area contributed by atoms with Crippen molar-refractivity contribution in [1.29, 1.82) is 0 Å². The summed E-state index contributed by atoms with van der Waals surface area (Å²) in [6, 6.07) is 2.75. The second-order valence-electron chi connectivity index (χ2n) is 9.51. The molecule has 0 saturated carbocycles. The molecule has 182 valence electrons. The molecule has 4 rings (SSSR count). The molecule has 2 aromatic heterocycles. The number of carbonyl (C=O) groups excluding carboxylic acids is 3. The van der Waals surface area contributed by atoms with Crippen LogP contribution in [0.25, 0.3) is 0 Å². The number of hydrogen-bond acceptors (Lipinski definition) is 7. The SMILES string of the molecule is Cc1ncc2n1C(=O)N(N1CCN(C(=O)[C@@H](Cc3ccncc3)NC(=O)OC(C)(C)C)CC1)C2. The van der Waals surface area contributed by atoms with Crippen LogP contribution in [0.4, 0.5) is 9.59 Å². The number of rotatable bonds is 5. The average molecular weight is 470 g/mol. The number of imidazole rings is 1. The first-order valence-electron chi connectivity index (χ1n) is 11.4. The van der Waals surface area contributed by atoms with Crippen LogP contribution in [-0.4, -0.2) is 85.3 Å². The highest BCUT2D eigenvalue weighted by atomic mass is 16.6. The number of pyridine rings is 1. The van der Waals surface area contributed by atoms with Gasteiger partial charge in [-0.25, -0.2) is 24.1 Å². The first kappa shape index (κ1) is 23.7. The van der Waals surface area contributed by atoms with Crippen LogP contribution in [0.1, 0.15) is 37.9 Å². The average Bonchev–Trinajstić information content (AvgIpc) is 3.32. The van der Waals surface area contributed by atoms with Crippen molar-refractivity contribution in [1.82, 2.24) is 34.8 Å². The number of ether oxygens (including phenoxy) is 1. The van der Waals surface area contributed by atoms with E-state index >= 15 is 0 Å².